The van der Waals surface area contributed by atoms with Gasteiger partial charge in [0, 0.05) is 0 Å². The van der Waals surface area contributed by atoms with Gasteiger partial charge in [-0.3, -0.25) is 19.2 Å². The maximum absolute atomic E-state index is 12.5. The molecule has 3 N–H and O–H groups in total. The number of hydrogen-bond acceptors (Lipinski definition) is 6. The summed E-state index contributed by atoms with van der Waals surface area (Å²) in [6, 6.07) is 10.3. The fourth-order valence-electron chi connectivity index (χ4n) is 2.27. The number of benzene rings is 1. The number of nitrogens with one attached hydrogen (secondary N) is 3. The van der Waals surface area contributed by atoms with Gasteiger partial charge in [0.05, 0.1) is 22.5 Å². The third kappa shape index (κ3) is 4.36. The van der Waals surface area contributed by atoms with E-state index in [-0.39, 0.29) is 18.1 Å². The van der Waals surface area contributed by atoms with Crippen LogP contribution < -0.4 is 10.0 Å². The zero-order chi connectivity index (χ0) is 18.7. The Morgan fingerprint density at radius 3 is 2.65 bits per heavy atom. The molecule has 0 aliphatic rings. The minimum atomic E-state index is -3.47. The Bertz CT molecular complexity index is 1080. The number of thiophene rings is 1. The molecule has 0 aliphatic carbocycles. The SMILES string of the molecule is CS(=O)(=O)Nc1ccccc1NC(=O)Cn1c(-c2cccs2)n[nH]c1=S. The van der Waals surface area contributed by atoms with E-state index in [1.165, 1.54) is 11.3 Å². The molecule has 0 saturated carbocycles. The van der Waals surface area contributed by atoms with Gasteiger partial charge in [-0.25, -0.2) is 8.42 Å². The van der Waals surface area contributed by atoms with Crippen molar-refractivity contribution in [3.63, 3.8) is 0 Å². The summed E-state index contributed by atoms with van der Waals surface area (Å²) in [6.07, 6.45) is 1.05. The quantitative estimate of drug-likeness (QED) is 0.543. The van der Waals surface area contributed by atoms with Crippen molar-refractivity contribution in [3.05, 3.63) is 46.5 Å². The first kappa shape index (κ1) is 18.3. The third-order valence-electron chi connectivity index (χ3n) is 3.30. The molecule has 2 aromatic heterocycles. The molecule has 8 nitrogen and oxygen atoms in total. The summed E-state index contributed by atoms with van der Waals surface area (Å²) in [5, 5.41) is 11.5. The Morgan fingerprint density at radius 2 is 2.00 bits per heavy atom. The van der Waals surface area contributed by atoms with Crippen molar-refractivity contribution in [3.8, 4) is 10.7 Å². The number of para-hydroxylation sites is 2. The normalized spacial score (nSPS) is 11.3. The van der Waals surface area contributed by atoms with E-state index in [1.54, 1.807) is 28.8 Å². The molecule has 0 aliphatic heterocycles. The Morgan fingerprint density at radius 1 is 1.27 bits per heavy atom. The van der Waals surface area contributed by atoms with Gasteiger partial charge < -0.3 is 5.32 Å². The molecule has 0 radical (unpaired) electrons. The minimum absolute atomic E-state index is 0.0597. The van der Waals surface area contributed by atoms with E-state index in [9.17, 15) is 13.2 Å². The first-order valence-corrected chi connectivity index (χ1v) is 10.6. The van der Waals surface area contributed by atoms with Gasteiger partial charge in [0.15, 0.2) is 10.6 Å². The van der Waals surface area contributed by atoms with Crippen molar-refractivity contribution < 1.29 is 13.2 Å². The third-order valence-corrected chi connectivity index (χ3v) is 5.07. The second-order valence-electron chi connectivity index (χ2n) is 5.38. The average Bonchev–Trinajstić information content (AvgIpc) is 3.19. The highest BCUT2D eigenvalue weighted by Crippen LogP contribution is 2.24. The molecule has 0 fully saturated rings. The summed E-state index contributed by atoms with van der Waals surface area (Å²) in [6.45, 7) is -0.0597. The molecule has 0 spiro atoms. The number of H-pyrrole nitrogens is 1. The van der Waals surface area contributed by atoms with Gasteiger partial charge in [0.1, 0.15) is 6.54 Å². The van der Waals surface area contributed by atoms with Crippen LogP contribution in [0.1, 0.15) is 0 Å². The predicted molar refractivity (Wildman–Crippen MR) is 104 cm³/mol. The number of aromatic amines is 1. The molecular weight excluding hydrogens is 394 g/mol. The summed E-state index contributed by atoms with van der Waals surface area (Å²) in [5.74, 6) is 0.214. The minimum Gasteiger partial charge on any atom is -0.323 e. The van der Waals surface area contributed by atoms with Gasteiger partial charge in [-0.1, -0.05) is 18.2 Å². The maximum atomic E-state index is 12.5. The second kappa shape index (κ2) is 7.40. The van der Waals surface area contributed by atoms with Gasteiger partial charge in [0.2, 0.25) is 15.9 Å². The first-order valence-electron chi connectivity index (χ1n) is 7.39. The molecule has 1 amide bonds. The van der Waals surface area contributed by atoms with Crippen LogP contribution >= 0.6 is 23.6 Å². The van der Waals surface area contributed by atoms with Crippen LogP contribution in [0.25, 0.3) is 10.7 Å². The number of sulfonamides is 1. The zero-order valence-electron chi connectivity index (χ0n) is 13.6. The van der Waals surface area contributed by atoms with Crippen molar-refractivity contribution in [1.29, 1.82) is 0 Å². The Hall–Kier alpha value is -2.50. The van der Waals surface area contributed by atoms with Gasteiger partial charge in [-0.05, 0) is 35.8 Å². The van der Waals surface area contributed by atoms with Crippen molar-refractivity contribution in [2.75, 3.05) is 16.3 Å². The van der Waals surface area contributed by atoms with Crippen LogP contribution in [0.3, 0.4) is 0 Å². The van der Waals surface area contributed by atoms with E-state index in [0.717, 1.165) is 11.1 Å². The summed E-state index contributed by atoms with van der Waals surface area (Å²) < 4.78 is 27.2. The molecule has 0 bridgehead atoms. The Kier molecular flexibility index (Phi) is 5.20. The van der Waals surface area contributed by atoms with Crippen molar-refractivity contribution >= 4 is 50.9 Å². The highest BCUT2D eigenvalue weighted by Gasteiger charge is 2.15. The molecule has 1 aromatic carbocycles. The first-order chi connectivity index (χ1) is 12.3. The average molecular weight is 410 g/mol. The van der Waals surface area contributed by atoms with Crippen LogP contribution in [-0.4, -0.2) is 35.3 Å². The van der Waals surface area contributed by atoms with Crippen LogP contribution in [0.2, 0.25) is 0 Å². The summed E-state index contributed by atoms with van der Waals surface area (Å²) in [7, 11) is -3.47. The Balaban J connectivity index is 1.81. The van der Waals surface area contributed by atoms with Crippen LogP contribution in [0, 0.1) is 4.77 Å². The monoisotopic (exact) mass is 409 g/mol. The van der Waals surface area contributed by atoms with Crippen LogP contribution in [0.5, 0.6) is 0 Å². The molecule has 3 aromatic rings. The van der Waals surface area contributed by atoms with Crippen LogP contribution in [-0.2, 0) is 21.4 Å². The van der Waals surface area contributed by atoms with E-state index in [0.29, 0.717) is 16.3 Å². The van der Waals surface area contributed by atoms with Crippen LogP contribution in [0.15, 0.2) is 41.8 Å². The predicted octanol–water partition coefficient (Wildman–Crippen LogP) is 2.68. The Labute approximate surface area is 158 Å². The highest BCUT2D eigenvalue weighted by molar-refractivity contribution is 7.92. The summed E-state index contributed by atoms with van der Waals surface area (Å²) in [5.41, 5.74) is 0.647. The van der Waals surface area contributed by atoms with E-state index in [4.69, 9.17) is 12.2 Å². The summed E-state index contributed by atoms with van der Waals surface area (Å²) >= 11 is 6.69. The number of anilines is 2. The standard InChI is InChI=1S/C15H15N5O3S3/c1-26(22,23)19-11-6-3-2-5-10(11)16-13(21)9-20-14(17-18-15(20)24)12-7-4-8-25-12/h2-8,19H,9H2,1H3,(H,16,21)(H,18,24). The number of nitrogens with zero attached hydrogens (tertiary/aromatic N) is 2. The smallest absolute Gasteiger partial charge is 0.244 e. The highest BCUT2D eigenvalue weighted by atomic mass is 32.2. The lowest BCUT2D eigenvalue weighted by Gasteiger charge is -2.12. The number of carbonyl (C=O) groups is 1. The number of hydrogen-bond donors (Lipinski definition) is 3. The lowest BCUT2D eigenvalue weighted by molar-refractivity contribution is -0.116. The maximum Gasteiger partial charge on any atom is 0.244 e. The molecule has 26 heavy (non-hydrogen) atoms. The molecule has 0 saturated heterocycles. The molecule has 3 rings (SSSR count). The fourth-order valence-corrected chi connectivity index (χ4v) is 3.77. The van der Waals surface area contributed by atoms with E-state index in [1.807, 2.05) is 17.5 Å². The molecular formula is C15H15N5O3S3. The van der Waals surface area contributed by atoms with Gasteiger partial charge in [-0.2, -0.15) is 5.10 Å². The van der Waals surface area contributed by atoms with Gasteiger partial charge in [-0.15, -0.1) is 11.3 Å². The molecule has 2 heterocycles. The zero-order valence-corrected chi connectivity index (χ0v) is 16.0. The van der Waals surface area contributed by atoms with Crippen molar-refractivity contribution in [1.82, 2.24) is 14.8 Å². The fraction of sp³-hybridized carbons (Fsp3) is 0.133. The van der Waals surface area contributed by atoms with Gasteiger partial charge in [0.25, 0.3) is 0 Å². The second-order valence-corrected chi connectivity index (χ2v) is 8.47. The van der Waals surface area contributed by atoms with E-state index >= 15 is 0 Å². The number of amides is 1. The topological polar surface area (TPSA) is 109 Å². The lowest BCUT2D eigenvalue weighted by atomic mass is 10.2. The number of carbonyl (C=O) groups excluding carboxylic acids is 1. The van der Waals surface area contributed by atoms with Crippen molar-refractivity contribution in [2.24, 2.45) is 0 Å². The van der Waals surface area contributed by atoms with Crippen LogP contribution in [0.4, 0.5) is 11.4 Å². The lowest BCUT2D eigenvalue weighted by Crippen LogP contribution is -2.21. The molecule has 136 valence electrons. The number of aromatic nitrogens is 3. The van der Waals surface area contributed by atoms with Gasteiger partial charge >= 0.3 is 0 Å². The van der Waals surface area contributed by atoms with E-state index in [2.05, 4.69) is 20.2 Å². The largest absolute Gasteiger partial charge is 0.323 e. The molecule has 0 unspecified atom stereocenters. The molecule has 0 atom stereocenters. The van der Waals surface area contributed by atoms with Crippen molar-refractivity contribution in [2.45, 2.75) is 6.54 Å². The molecule has 11 heteroatoms. The summed E-state index contributed by atoms with van der Waals surface area (Å²) in [4.78, 5) is 13.4. The number of rotatable bonds is 6. The van der Waals surface area contributed by atoms with E-state index < -0.39 is 10.0 Å².